The first kappa shape index (κ1) is 9.76. The lowest BCUT2D eigenvalue weighted by atomic mass is 10.2. The molecule has 0 radical (unpaired) electrons. The minimum Gasteiger partial charge on any atom is -0.505 e. The fraction of sp³-hybridized carbons (Fsp3) is 0.200. The summed E-state index contributed by atoms with van der Waals surface area (Å²) in [5.41, 5.74) is 1.32. The molecule has 1 aromatic rings. The van der Waals surface area contributed by atoms with E-state index in [9.17, 15) is 0 Å². The van der Waals surface area contributed by atoms with Gasteiger partial charge in [0.05, 0.1) is 13.4 Å². The number of benzene rings is 1. The summed E-state index contributed by atoms with van der Waals surface area (Å²) in [6, 6.07) is 10.3. The predicted octanol–water partition coefficient (Wildman–Crippen LogP) is 2.77. The first-order valence-corrected chi connectivity index (χ1v) is 3.46. The molecular weight excluding hydrogens is 136 g/mol. The zero-order valence-corrected chi connectivity index (χ0v) is 7.08. The van der Waals surface area contributed by atoms with Gasteiger partial charge in [-0.3, -0.25) is 0 Å². The summed E-state index contributed by atoms with van der Waals surface area (Å²) < 4.78 is 4.31. The molecule has 0 heterocycles. The van der Waals surface area contributed by atoms with E-state index < -0.39 is 0 Å². The van der Waals surface area contributed by atoms with Crippen LogP contribution in [0.2, 0.25) is 0 Å². The number of hydrogen-bond donors (Lipinski definition) is 0. The predicted molar refractivity (Wildman–Crippen MR) is 48.4 cm³/mol. The molecule has 0 aliphatic heterocycles. The molecule has 0 spiro atoms. The highest BCUT2D eigenvalue weighted by molar-refractivity contribution is 5.11. The summed E-state index contributed by atoms with van der Waals surface area (Å²) in [4.78, 5) is 0. The summed E-state index contributed by atoms with van der Waals surface area (Å²) >= 11 is 0. The monoisotopic (exact) mass is 150 g/mol. The quantitative estimate of drug-likeness (QED) is 0.559. The van der Waals surface area contributed by atoms with Gasteiger partial charge in [0.25, 0.3) is 0 Å². The molecule has 0 saturated carbocycles. The van der Waals surface area contributed by atoms with E-state index in [1.807, 2.05) is 18.2 Å². The molecule has 0 atom stereocenters. The van der Waals surface area contributed by atoms with Crippen molar-refractivity contribution >= 4 is 0 Å². The molecular formula is C10H14O. The highest BCUT2D eigenvalue weighted by Gasteiger charge is 1.72. The van der Waals surface area contributed by atoms with E-state index in [-0.39, 0.29) is 0 Å². The molecule has 0 bridgehead atoms. The van der Waals surface area contributed by atoms with Crippen molar-refractivity contribution in [2.45, 2.75) is 6.92 Å². The average molecular weight is 150 g/mol. The normalized spacial score (nSPS) is 7.45. The van der Waals surface area contributed by atoms with Crippen LogP contribution in [-0.4, -0.2) is 7.11 Å². The zero-order chi connectivity index (χ0) is 8.53. The van der Waals surface area contributed by atoms with Gasteiger partial charge in [0.15, 0.2) is 0 Å². The van der Waals surface area contributed by atoms with Crippen LogP contribution in [0.1, 0.15) is 5.56 Å². The number of rotatable bonds is 1. The molecule has 1 nitrogen and oxygen atoms in total. The SMILES string of the molecule is C=COC.Cc1ccccc1. The number of hydrogen-bond acceptors (Lipinski definition) is 1. The van der Waals surface area contributed by atoms with E-state index >= 15 is 0 Å². The molecule has 0 saturated heterocycles. The Balaban J connectivity index is 0.000000218. The summed E-state index contributed by atoms with van der Waals surface area (Å²) in [5.74, 6) is 0. The van der Waals surface area contributed by atoms with Gasteiger partial charge in [-0.25, -0.2) is 0 Å². The van der Waals surface area contributed by atoms with Gasteiger partial charge in [-0.15, -0.1) is 0 Å². The van der Waals surface area contributed by atoms with E-state index in [2.05, 4.69) is 30.4 Å². The van der Waals surface area contributed by atoms with E-state index in [0.717, 1.165) is 0 Å². The molecule has 0 aliphatic rings. The number of aryl methyl sites for hydroxylation is 1. The van der Waals surface area contributed by atoms with Crippen molar-refractivity contribution in [3.8, 4) is 0 Å². The molecule has 11 heavy (non-hydrogen) atoms. The molecule has 1 aromatic carbocycles. The Morgan fingerprint density at radius 1 is 1.27 bits per heavy atom. The standard InChI is InChI=1S/C7H8.C3H6O/c1-7-5-3-2-4-6-7;1-3-4-2/h2-6H,1H3;3H,1H2,2H3. The highest BCUT2D eigenvalue weighted by Crippen LogP contribution is 1.92. The van der Waals surface area contributed by atoms with E-state index in [1.165, 1.54) is 11.8 Å². The van der Waals surface area contributed by atoms with Crippen molar-refractivity contribution in [1.82, 2.24) is 0 Å². The van der Waals surface area contributed by atoms with Crippen LogP contribution < -0.4 is 0 Å². The summed E-state index contributed by atoms with van der Waals surface area (Å²) in [6.45, 7) is 5.34. The van der Waals surface area contributed by atoms with Crippen molar-refractivity contribution in [2.24, 2.45) is 0 Å². The molecule has 0 N–H and O–H groups in total. The molecule has 0 amide bonds. The van der Waals surface area contributed by atoms with Crippen LogP contribution in [0.4, 0.5) is 0 Å². The van der Waals surface area contributed by atoms with Gasteiger partial charge in [0.2, 0.25) is 0 Å². The van der Waals surface area contributed by atoms with Gasteiger partial charge in [-0.2, -0.15) is 0 Å². The third-order valence-electron chi connectivity index (χ3n) is 1.11. The summed E-state index contributed by atoms with van der Waals surface area (Å²) in [5, 5.41) is 0. The average Bonchev–Trinajstić information content (AvgIpc) is 2.07. The first-order valence-electron chi connectivity index (χ1n) is 3.46. The largest absolute Gasteiger partial charge is 0.505 e. The van der Waals surface area contributed by atoms with Crippen LogP contribution in [0.3, 0.4) is 0 Å². The van der Waals surface area contributed by atoms with Gasteiger partial charge >= 0.3 is 0 Å². The molecule has 60 valence electrons. The second kappa shape index (κ2) is 6.87. The molecule has 1 rings (SSSR count). The van der Waals surface area contributed by atoms with Crippen molar-refractivity contribution in [3.05, 3.63) is 48.7 Å². The van der Waals surface area contributed by atoms with Crippen LogP contribution in [0.25, 0.3) is 0 Å². The Labute approximate surface area is 68.3 Å². The van der Waals surface area contributed by atoms with Crippen LogP contribution in [0.15, 0.2) is 43.2 Å². The second-order valence-corrected chi connectivity index (χ2v) is 2.06. The zero-order valence-electron chi connectivity index (χ0n) is 7.08. The molecule has 1 heteroatoms. The maximum atomic E-state index is 4.31. The van der Waals surface area contributed by atoms with Gasteiger partial charge in [0, 0.05) is 0 Å². The molecule has 0 unspecified atom stereocenters. The summed E-state index contributed by atoms with van der Waals surface area (Å²) in [6.07, 6.45) is 1.38. The van der Waals surface area contributed by atoms with Gasteiger partial charge in [-0.1, -0.05) is 42.5 Å². The fourth-order valence-electron chi connectivity index (χ4n) is 0.534. The Bertz CT molecular complexity index is 179. The molecule has 0 aromatic heterocycles. The molecule has 0 aliphatic carbocycles. The Morgan fingerprint density at radius 2 is 1.73 bits per heavy atom. The number of methoxy groups -OCH3 is 1. The first-order chi connectivity index (χ1) is 5.31. The lowest BCUT2D eigenvalue weighted by Crippen LogP contribution is -1.62. The van der Waals surface area contributed by atoms with Gasteiger partial charge in [0.1, 0.15) is 0 Å². The highest BCUT2D eigenvalue weighted by atomic mass is 16.5. The Kier molecular flexibility index (Phi) is 6.10. The second-order valence-electron chi connectivity index (χ2n) is 2.06. The maximum absolute atomic E-state index is 4.31. The van der Waals surface area contributed by atoms with E-state index in [4.69, 9.17) is 0 Å². The fourth-order valence-corrected chi connectivity index (χ4v) is 0.534. The van der Waals surface area contributed by atoms with Crippen molar-refractivity contribution in [2.75, 3.05) is 7.11 Å². The lowest BCUT2D eigenvalue weighted by molar-refractivity contribution is 0.339. The van der Waals surface area contributed by atoms with Crippen LogP contribution in [0, 0.1) is 6.92 Å². The minimum atomic E-state index is 1.32. The van der Waals surface area contributed by atoms with Crippen LogP contribution in [0.5, 0.6) is 0 Å². The Hall–Kier alpha value is -1.24. The third-order valence-corrected chi connectivity index (χ3v) is 1.11. The third kappa shape index (κ3) is 6.65. The molecule has 0 fully saturated rings. The topological polar surface area (TPSA) is 9.23 Å². The maximum Gasteiger partial charge on any atom is 0.0766 e. The minimum absolute atomic E-state index is 1.32. The van der Waals surface area contributed by atoms with Gasteiger partial charge in [-0.05, 0) is 6.92 Å². The number of ether oxygens (including phenoxy) is 1. The summed E-state index contributed by atoms with van der Waals surface area (Å²) in [7, 11) is 1.56. The lowest BCUT2D eigenvalue weighted by Gasteiger charge is -1.82. The van der Waals surface area contributed by atoms with Gasteiger partial charge < -0.3 is 4.74 Å². The van der Waals surface area contributed by atoms with Crippen molar-refractivity contribution in [3.63, 3.8) is 0 Å². The van der Waals surface area contributed by atoms with Crippen molar-refractivity contribution in [1.29, 1.82) is 0 Å². The smallest absolute Gasteiger partial charge is 0.0766 e. The van der Waals surface area contributed by atoms with Crippen molar-refractivity contribution < 1.29 is 4.74 Å². The Morgan fingerprint density at radius 3 is 1.91 bits per heavy atom. The van der Waals surface area contributed by atoms with E-state index in [0.29, 0.717) is 0 Å². The van der Waals surface area contributed by atoms with E-state index in [1.54, 1.807) is 7.11 Å². The van der Waals surface area contributed by atoms with Crippen LogP contribution >= 0.6 is 0 Å². The van der Waals surface area contributed by atoms with Crippen LogP contribution in [-0.2, 0) is 4.74 Å².